The third-order valence-corrected chi connectivity index (χ3v) is 2.43. The Bertz CT molecular complexity index is 341. The number of nitrogen functional groups attached to an aromatic ring is 1. The highest BCUT2D eigenvalue weighted by atomic mass is 16.5. The minimum Gasteiger partial charge on any atom is -0.396 e. The maximum Gasteiger partial charge on any atom is 0.149 e. The third-order valence-electron chi connectivity index (χ3n) is 2.43. The van der Waals surface area contributed by atoms with E-state index in [9.17, 15) is 0 Å². The van der Waals surface area contributed by atoms with Crippen LogP contribution in [0, 0.1) is 6.92 Å². The van der Waals surface area contributed by atoms with Gasteiger partial charge in [-0.1, -0.05) is 0 Å². The van der Waals surface area contributed by atoms with Crippen molar-refractivity contribution in [1.82, 2.24) is 9.88 Å². The Morgan fingerprint density at radius 3 is 2.88 bits per heavy atom. The molecule has 0 saturated heterocycles. The first-order chi connectivity index (χ1) is 8.11. The van der Waals surface area contributed by atoms with Crippen LogP contribution in [0.1, 0.15) is 5.56 Å². The number of ether oxygens (including phenoxy) is 1. The number of aromatic nitrogens is 1. The van der Waals surface area contributed by atoms with E-state index in [1.165, 1.54) is 0 Å². The van der Waals surface area contributed by atoms with Gasteiger partial charge in [0.1, 0.15) is 5.82 Å². The molecular formula is C12H22N4O. The van der Waals surface area contributed by atoms with Crippen LogP contribution in [0.25, 0.3) is 0 Å². The van der Waals surface area contributed by atoms with E-state index in [1.54, 1.807) is 6.20 Å². The molecule has 0 saturated carbocycles. The molecule has 1 aromatic heterocycles. The fourth-order valence-corrected chi connectivity index (χ4v) is 1.30. The van der Waals surface area contributed by atoms with Crippen molar-refractivity contribution in [3.63, 3.8) is 0 Å². The summed E-state index contributed by atoms with van der Waals surface area (Å²) < 4.78 is 5.46. The van der Waals surface area contributed by atoms with Crippen molar-refractivity contribution in [2.45, 2.75) is 6.92 Å². The Hall–Kier alpha value is -1.33. The second-order valence-corrected chi connectivity index (χ2v) is 4.23. The van der Waals surface area contributed by atoms with Crippen LogP contribution < -0.4 is 11.1 Å². The van der Waals surface area contributed by atoms with E-state index in [-0.39, 0.29) is 0 Å². The standard InChI is InChI=1S/C12H22N4O/c1-10-4-5-14-12(11(10)13)15-6-8-17-9-7-16(2)3/h4-5H,6-9,13H2,1-3H3,(H,14,15). The van der Waals surface area contributed by atoms with Crippen LogP contribution in [0.5, 0.6) is 0 Å². The van der Waals surface area contributed by atoms with Crippen molar-refractivity contribution in [2.75, 3.05) is 51.4 Å². The first-order valence-corrected chi connectivity index (χ1v) is 5.78. The zero-order valence-corrected chi connectivity index (χ0v) is 10.9. The molecule has 0 aromatic carbocycles. The number of nitrogens with zero attached hydrogens (tertiary/aromatic N) is 2. The predicted octanol–water partition coefficient (Wildman–Crippen LogP) is 0.962. The molecule has 0 radical (unpaired) electrons. The van der Waals surface area contributed by atoms with Gasteiger partial charge >= 0.3 is 0 Å². The lowest BCUT2D eigenvalue weighted by molar-refractivity contribution is 0.126. The normalized spacial score (nSPS) is 10.8. The number of anilines is 2. The summed E-state index contributed by atoms with van der Waals surface area (Å²) in [6, 6.07) is 1.90. The number of rotatable bonds is 7. The molecule has 0 atom stereocenters. The molecule has 0 unspecified atom stereocenters. The van der Waals surface area contributed by atoms with Crippen molar-refractivity contribution < 1.29 is 4.74 Å². The number of likely N-dealkylation sites (N-methyl/N-ethyl adjacent to an activating group) is 1. The summed E-state index contributed by atoms with van der Waals surface area (Å²) >= 11 is 0. The van der Waals surface area contributed by atoms with Gasteiger partial charge in [-0.3, -0.25) is 0 Å². The van der Waals surface area contributed by atoms with Crippen molar-refractivity contribution in [2.24, 2.45) is 0 Å². The van der Waals surface area contributed by atoms with Gasteiger partial charge in [-0.15, -0.1) is 0 Å². The highest BCUT2D eigenvalue weighted by molar-refractivity contribution is 5.64. The van der Waals surface area contributed by atoms with Crippen molar-refractivity contribution in [3.8, 4) is 0 Å². The molecule has 0 fully saturated rings. The second kappa shape index (κ2) is 7.09. The lowest BCUT2D eigenvalue weighted by Crippen LogP contribution is -2.20. The summed E-state index contributed by atoms with van der Waals surface area (Å²) in [6.07, 6.45) is 1.75. The fraction of sp³-hybridized carbons (Fsp3) is 0.583. The molecule has 17 heavy (non-hydrogen) atoms. The van der Waals surface area contributed by atoms with E-state index in [2.05, 4.69) is 15.2 Å². The zero-order chi connectivity index (χ0) is 12.7. The Balaban J connectivity index is 2.20. The molecule has 0 spiro atoms. The lowest BCUT2D eigenvalue weighted by Gasteiger charge is -2.11. The Kier molecular flexibility index (Phi) is 5.72. The largest absolute Gasteiger partial charge is 0.396 e. The minimum absolute atomic E-state index is 0.656. The van der Waals surface area contributed by atoms with Gasteiger partial charge in [-0.05, 0) is 32.6 Å². The van der Waals surface area contributed by atoms with Crippen molar-refractivity contribution in [1.29, 1.82) is 0 Å². The number of aryl methyl sites for hydroxylation is 1. The van der Waals surface area contributed by atoms with Crippen molar-refractivity contribution in [3.05, 3.63) is 17.8 Å². The maximum atomic E-state index is 5.89. The third kappa shape index (κ3) is 5.01. The average molecular weight is 238 g/mol. The number of pyridine rings is 1. The maximum absolute atomic E-state index is 5.89. The molecule has 1 heterocycles. The zero-order valence-electron chi connectivity index (χ0n) is 10.9. The van der Waals surface area contributed by atoms with Gasteiger partial charge in [0.05, 0.1) is 18.9 Å². The van der Waals surface area contributed by atoms with Gasteiger partial charge in [-0.2, -0.15) is 0 Å². The second-order valence-electron chi connectivity index (χ2n) is 4.23. The van der Waals surface area contributed by atoms with Crippen LogP contribution in [-0.4, -0.2) is 50.3 Å². The minimum atomic E-state index is 0.656. The summed E-state index contributed by atoms with van der Waals surface area (Å²) in [7, 11) is 4.05. The summed E-state index contributed by atoms with van der Waals surface area (Å²) in [5.74, 6) is 0.737. The van der Waals surface area contributed by atoms with Gasteiger partial charge in [0.2, 0.25) is 0 Å². The fourth-order valence-electron chi connectivity index (χ4n) is 1.30. The van der Waals surface area contributed by atoms with Crippen LogP contribution in [-0.2, 0) is 4.74 Å². The molecule has 0 aliphatic rings. The van der Waals surface area contributed by atoms with Crippen LogP contribution in [0.4, 0.5) is 11.5 Å². The number of nitrogens with one attached hydrogen (secondary N) is 1. The molecule has 0 bridgehead atoms. The van der Waals surface area contributed by atoms with Crippen LogP contribution in [0.15, 0.2) is 12.3 Å². The van der Waals surface area contributed by atoms with E-state index < -0.39 is 0 Å². The van der Waals surface area contributed by atoms with Gasteiger partial charge in [0, 0.05) is 19.3 Å². The number of hydrogen-bond acceptors (Lipinski definition) is 5. The molecule has 5 nitrogen and oxygen atoms in total. The quantitative estimate of drug-likeness (QED) is 0.693. The van der Waals surface area contributed by atoms with Crippen molar-refractivity contribution >= 4 is 11.5 Å². The van der Waals surface area contributed by atoms with Crippen LogP contribution >= 0.6 is 0 Å². The van der Waals surface area contributed by atoms with Gasteiger partial charge in [0.25, 0.3) is 0 Å². The molecule has 3 N–H and O–H groups in total. The highest BCUT2D eigenvalue weighted by Crippen LogP contribution is 2.17. The van der Waals surface area contributed by atoms with E-state index in [0.29, 0.717) is 18.8 Å². The van der Waals surface area contributed by atoms with E-state index in [0.717, 1.165) is 24.5 Å². The van der Waals surface area contributed by atoms with Crippen LogP contribution in [0.3, 0.4) is 0 Å². The highest BCUT2D eigenvalue weighted by Gasteiger charge is 2.01. The summed E-state index contributed by atoms with van der Waals surface area (Å²) in [5, 5.41) is 3.17. The molecule has 0 aliphatic heterocycles. The Labute approximate surface area is 103 Å². The van der Waals surface area contributed by atoms with Gasteiger partial charge in [0.15, 0.2) is 0 Å². The summed E-state index contributed by atoms with van der Waals surface area (Å²) in [6.45, 7) is 5.02. The summed E-state index contributed by atoms with van der Waals surface area (Å²) in [4.78, 5) is 6.28. The van der Waals surface area contributed by atoms with Crippen LogP contribution in [0.2, 0.25) is 0 Å². The topological polar surface area (TPSA) is 63.4 Å². The van der Waals surface area contributed by atoms with E-state index in [1.807, 2.05) is 27.1 Å². The first kappa shape index (κ1) is 13.7. The SMILES string of the molecule is Cc1ccnc(NCCOCCN(C)C)c1N. The molecular weight excluding hydrogens is 216 g/mol. The van der Waals surface area contributed by atoms with E-state index >= 15 is 0 Å². The first-order valence-electron chi connectivity index (χ1n) is 5.78. The molecule has 1 aromatic rings. The number of hydrogen-bond donors (Lipinski definition) is 2. The Morgan fingerprint density at radius 1 is 1.41 bits per heavy atom. The molecule has 96 valence electrons. The summed E-state index contributed by atoms with van der Waals surface area (Å²) in [5.41, 5.74) is 7.64. The molecule has 5 heteroatoms. The number of nitrogens with two attached hydrogens (primary N) is 1. The lowest BCUT2D eigenvalue weighted by atomic mass is 10.2. The van der Waals surface area contributed by atoms with E-state index in [4.69, 9.17) is 10.5 Å². The van der Waals surface area contributed by atoms with Gasteiger partial charge < -0.3 is 20.7 Å². The predicted molar refractivity (Wildman–Crippen MR) is 71.2 cm³/mol. The molecule has 0 aliphatic carbocycles. The average Bonchev–Trinajstić information content (AvgIpc) is 2.28. The monoisotopic (exact) mass is 238 g/mol. The Morgan fingerprint density at radius 2 is 2.18 bits per heavy atom. The molecule has 1 rings (SSSR count). The van der Waals surface area contributed by atoms with Gasteiger partial charge in [-0.25, -0.2) is 4.98 Å². The molecule has 0 amide bonds. The smallest absolute Gasteiger partial charge is 0.149 e.